The zero-order valence-corrected chi connectivity index (χ0v) is 23.6. The number of allylic oxidation sites excluding steroid dienone is 4. The molecule has 0 aromatic heterocycles. The van der Waals surface area contributed by atoms with Gasteiger partial charge in [0.1, 0.15) is 23.0 Å². The molecule has 0 bridgehead atoms. The van der Waals surface area contributed by atoms with E-state index in [-0.39, 0.29) is 13.2 Å². The lowest BCUT2D eigenvalue weighted by molar-refractivity contribution is 0.0610. The smallest absolute Gasteiger partial charge is 0.343 e. The van der Waals surface area contributed by atoms with Gasteiger partial charge in [0.15, 0.2) is 0 Å². The Kier molecular flexibility index (Phi) is 15.8. The molecule has 2 rings (SSSR count). The lowest BCUT2D eigenvalue weighted by atomic mass is 10.2. The predicted molar refractivity (Wildman–Crippen MR) is 153 cm³/mol. The lowest BCUT2D eigenvalue weighted by Gasteiger charge is -2.08. The highest BCUT2D eigenvalue weighted by molar-refractivity contribution is 5.90. The Morgan fingerprint density at radius 3 is 1.27 bits per heavy atom. The van der Waals surface area contributed by atoms with Crippen molar-refractivity contribution < 1.29 is 38.7 Å². The molecule has 0 radical (unpaired) electrons. The van der Waals surface area contributed by atoms with Crippen LogP contribution in [-0.2, 0) is 9.47 Å². The number of unbranched alkanes of at least 4 members (excludes halogenated alkanes) is 6. The summed E-state index contributed by atoms with van der Waals surface area (Å²) >= 11 is 0. The largest absolute Gasteiger partial charge is 0.494 e. The van der Waals surface area contributed by atoms with Crippen LogP contribution in [0.5, 0.6) is 11.5 Å². The third kappa shape index (κ3) is 13.4. The Morgan fingerprint density at radius 2 is 0.925 bits per heavy atom. The summed E-state index contributed by atoms with van der Waals surface area (Å²) in [5.74, 6) is 1.06. The highest BCUT2D eigenvalue weighted by Gasteiger charge is 2.10. The number of benzene rings is 2. The van der Waals surface area contributed by atoms with Gasteiger partial charge in [-0.25, -0.2) is 9.59 Å². The normalized spacial score (nSPS) is 11.7. The minimum absolute atomic E-state index is 0.219. The molecule has 2 N–H and O–H groups in total. The standard InChI is InChI=1S/C32H42O8/c1-25(39-31(35)27-13-17-29(18-14-27)37-23-9-5-3-7-21-33)11-12-26(2)40-32(36)28-15-19-30(20-16-28)38-24-10-6-4-8-22-34/h11-20,33-34H,3-10,21-24H2,1-2H3/b25-11+,26-12+. The zero-order valence-electron chi connectivity index (χ0n) is 23.6. The molecule has 0 heterocycles. The third-order valence-electron chi connectivity index (χ3n) is 5.88. The molecule has 0 aliphatic heterocycles. The summed E-state index contributed by atoms with van der Waals surface area (Å²) in [6.07, 6.45) is 10.5. The SMILES string of the molecule is C/C(=C\C=C(/C)OC(=O)c1ccc(OCCCCCCO)cc1)OC(=O)c1ccc(OCCCCCCO)cc1. The van der Waals surface area contributed by atoms with Crippen LogP contribution in [0.3, 0.4) is 0 Å². The fourth-order valence-corrected chi connectivity index (χ4v) is 3.60. The second-order valence-electron chi connectivity index (χ2n) is 9.35. The maximum absolute atomic E-state index is 12.4. The summed E-state index contributed by atoms with van der Waals surface area (Å²) in [5, 5.41) is 17.6. The summed E-state index contributed by atoms with van der Waals surface area (Å²) in [6, 6.07) is 13.5. The summed E-state index contributed by atoms with van der Waals surface area (Å²) < 4.78 is 22.1. The second-order valence-corrected chi connectivity index (χ2v) is 9.35. The summed E-state index contributed by atoms with van der Waals surface area (Å²) in [6.45, 7) is 4.89. The maximum atomic E-state index is 12.4. The van der Waals surface area contributed by atoms with Crippen LogP contribution in [-0.4, -0.2) is 48.6 Å². The van der Waals surface area contributed by atoms with E-state index in [1.54, 1.807) is 74.5 Å². The average molecular weight is 555 g/mol. The van der Waals surface area contributed by atoms with Gasteiger partial charge in [0.05, 0.1) is 24.3 Å². The fraction of sp³-hybridized carbons (Fsp3) is 0.438. The van der Waals surface area contributed by atoms with Crippen molar-refractivity contribution in [2.45, 2.75) is 65.2 Å². The van der Waals surface area contributed by atoms with Crippen LogP contribution in [0, 0.1) is 0 Å². The van der Waals surface area contributed by atoms with Crippen LogP contribution in [0.2, 0.25) is 0 Å². The molecule has 2 aromatic rings. The van der Waals surface area contributed by atoms with Gasteiger partial charge >= 0.3 is 11.9 Å². The first-order valence-corrected chi connectivity index (χ1v) is 13.9. The van der Waals surface area contributed by atoms with Crippen LogP contribution >= 0.6 is 0 Å². The Balaban J connectivity index is 1.75. The number of hydrogen-bond acceptors (Lipinski definition) is 8. The van der Waals surface area contributed by atoms with Crippen molar-refractivity contribution in [3.05, 3.63) is 83.3 Å². The molecule has 0 aliphatic carbocycles. The van der Waals surface area contributed by atoms with Crippen molar-refractivity contribution in [3.63, 3.8) is 0 Å². The van der Waals surface area contributed by atoms with Crippen LogP contribution in [0.15, 0.2) is 72.2 Å². The van der Waals surface area contributed by atoms with E-state index in [4.69, 9.17) is 29.2 Å². The van der Waals surface area contributed by atoms with Gasteiger partial charge in [0.25, 0.3) is 0 Å². The van der Waals surface area contributed by atoms with Crippen LogP contribution in [0.4, 0.5) is 0 Å². The van der Waals surface area contributed by atoms with Gasteiger partial charge in [-0.05, 0) is 113 Å². The highest BCUT2D eigenvalue weighted by Crippen LogP contribution is 2.17. The Hall–Kier alpha value is -3.62. The highest BCUT2D eigenvalue weighted by atomic mass is 16.5. The Morgan fingerprint density at radius 1 is 0.575 bits per heavy atom. The van der Waals surface area contributed by atoms with Crippen molar-refractivity contribution in [1.29, 1.82) is 0 Å². The monoisotopic (exact) mass is 554 g/mol. The quantitative estimate of drug-likeness (QED) is 0.0892. The molecule has 0 saturated carbocycles. The van der Waals surface area contributed by atoms with Gasteiger partial charge in [-0.2, -0.15) is 0 Å². The van der Waals surface area contributed by atoms with E-state index in [2.05, 4.69) is 0 Å². The second kappa shape index (κ2) is 19.4. The number of esters is 2. The van der Waals surface area contributed by atoms with E-state index in [9.17, 15) is 9.59 Å². The molecular formula is C32H42O8. The summed E-state index contributed by atoms with van der Waals surface area (Å²) in [4.78, 5) is 24.9. The summed E-state index contributed by atoms with van der Waals surface area (Å²) in [5.41, 5.74) is 0.786. The van der Waals surface area contributed by atoms with E-state index in [1.807, 2.05) is 0 Å². The zero-order chi connectivity index (χ0) is 29.0. The van der Waals surface area contributed by atoms with Crippen LogP contribution < -0.4 is 9.47 Å². The van der Waals surface area contributed by atoms with Gasteiger partial charge in [0.2, 0.25) is 0 Å². The first kappa shape index (κ1) is 32.6. The minimum Gasteiger partial charge on any atom is -0.494 e. The number of carbonyl (C=O) groups excluding carboxylic acids is 2. The van der Waals surface area contributed by atoms with Gasteiger partial charge in [-0.1, -0.05) is 12.8 Å². The molecular weight excluding hydrogens is 512 g/mol. The van der Waals surface area contributed by atoms with Crippen molar-refractivity contribution in [2.24, 2.45) is 0 Å². The first-order chi connectivity index (χ1) is 19.4. The molecule has 218 valence electrons. The van der Waals surface area contributed by atoms with E-state index >= 15 is 0 Å². The number of carbonyl (C=O) groups is 2. The maximum Gasteiger partial charge on any atom is 0.343 e. The molecule has 0 atom stereocenters. The van der Waals surface area contributed by atoms with Crippen LogP contribution in [0.1, 0.15) is 85.9 Å². The van der Waals surface area contributed by atoms with Crippen molar-refractivity contribution in [1.82, 2.24) is 0 Å². The van der Waals surface area contributed by atoms with Gasteiger partial charge in [-0.3, -0.25) is 0 Å². The number of rotatable bonds is 19. The lowest BCUT2D eigenvalue weighted by Crippen LogP contribution is -2.05. The molecule has 0 fully saturated rings. The van der Waals surface area contributed by atoms with E-state index in [0.29, 0.717) is 47.4 Å². The Labute approximate surface area is 237 Å². The molecule has 40 heavy (non-hydrogen) atoms. The number of hydrogen-bond donors (Lipinski definition) is 2. The minimum atomic E-state index is -0.500. The molecule has 0 unspecified atom stereocenters. The van der Waals surface area contributed by atoms with E-state index in [0.717, 1.165) is 51.4 Å². The fourth-order valence-electron chi connectivity index (χ4n) is 3.60. The molecule has 0 saturated heterocycles. The van der Waals surface area contributed by atoms with Crippen molar-refractivity contribution in [3.8, 4) is 11.5 Å². The average Bonchev–Trinajstić information content (AvgIpc) is 2.96. The van der Waals surface area contributed by atoms with Gasteiger partial charge in [0, 0.05) is 13.2 Å². The number of ether oxygens (including phenoxy) is 4. The van der Waals surface area contributed by atoms with Crippen molar-refractivity contribution in [2.75, 3.05) is 26.4 Å². The van der Waals surface area contributed by atoms with E-state index < -0.39 is 11.9 Å². The summed E-state index contributed by atoms with van der Waals surface area (Å²) in [7, 11) is 0. The third-order valence-corrected chi connectivity index (χ3v) is 5.88. The van der Waals surface area contributed by atoms with Gasteiger partial charge in [-0.15, -0.1) is 0 Å². The molecule has 2 aromatic carbocycles. The molecule has 8 heteroatoms. The Bertz CT molecular complexity index is 984. The first-order valence-electron chi connectivity index (χ1n) is 13.9. The topological polar surface area (TPSA) is 112 Å². The van der Waals surface area contributed by atoms with Crippen molar-refractivity contribution >= 4 is 11.9 Å². The number of aliphatic hydroxyl groups is 2. The predicted octanol–water partition coefficient (Wildman–Crippen LogP) is 6.37. The molecule has 8 nitrogen and oxygen atoms in total. The molecule has 0 amide bonds. The van der Waals surface area contributed by atoms with E-state index in [1.165, 1.54) is 0 Å². The molecule has 0 spiro atoms. The van der Waals surface area contributed by atoms with Crippen LogP contribution in [0.25, 0.3) is 0 Å². The molecule has 0 aliphatic rings. The van der Waals surface area contributed by atoms with Gasteiger partial charge < -0.3 is 29.2 Å². The number of aliphatic hydroxyl groups excluding tert-OH is 2.